The van der Waals surface area contributed by atoms with E-state index in [9.17, 15) is 18.7 Å². The second kappa shape index (κ2) is 10.4. The fourth-order valence-electron chi connectivity index (χ4n) is 4.32. The summed E-state index contributed by atoms with van der Waals surface area (Å²) in [5.41, 5.74) is 2.97. The number of carbonyl (C=O) groups is 1. The fourth-order valence-corrected chi connectivity index (χ4v) is 4.32. The molecular weight excluding hydrogens is 450 g/mol. The number of halogens is 2. The Morgan fingerprint density at radius 3 is 2.51 bits per heavy atom. The molecule has 2 heterocycles. The van der Waals surface area contributed by atoms with Crippen molar-refractivity contribution in [3.8, 4) is 5.75 Å². The topological polar surface area (TPSA) is 64.3 Å². The Kier molecular flexibility index (Phi) is 7.26. The van der Waals surface area contributed by atoms with Crippen LogP contribution in [-0.4, -0.2) is 26.5 Å². The van der Waals surface area contributed by atoms with Gasteiger partial charge in [0.2, 0.25) is 0 Å². The van der Waals surface area contributed by atoms with Crippen molar-refractivity contribution in [1.82, 2.24) is 9.55 Å². The predicted molar refractivity (Wildman–Crippen MR) is 131 cm³/mol. The summed E-state index contributed by atoms with van der Waals surface area (Å²) in [6.45, 7) is 5.86. The highest BCUT2D eigenvalue weighted by Crippen LogP contribution is 2.35. The van der Waals surface area contributed by atoms with Crippen LogP contribution < -0.4 is 4.74 Å². The smallest absolute Gasteiger partial charge is 0.165 e. The minimum absolute atomic E-state index is 0.0277. The highest BCUT2D eigenvalue weighted by Gasteiger charge is 2.26. The van der Waals surface area contributed by atoms with E-state index in [1.165, 1.54) is 6.07 Å². The van der Waals surface area contributed by atoms with Crippen molar-refractivity contribution in [1.29, 1.82) is 0 Å². The minimum atomic E-state index is -0.940. The lowest BCUT2D eigenvalue weighted by Gasteiger charge is -2.15. The molecule has 1 unspecified atom stereocenters. The van der Waals surface area contributed by atoms with Crippen molar-refractivity contribution in [2.24, 2.45) is 0 Å². The number of ether oxygens (including phenoxy) is 1. The Morgan fingerprint density at radius 2 is 1.86 bits per heavy atom. The first-order valence-corrected chi connectivity index (χ1v) is 11.6. The average molecular weight is 479 g/mol. The Balaban J connectivity index is 1.79. The number of Topliss-reactive ketones (excluding diaryl/α,β-unsaturated/α-hetero) is 1. The van der Waals surface area contributed by atoms with Gasteiger partial charge in [-0.2, -0.15) is 0 Å². The number of carbonyl (C=O) groups excluding carboxylic acids is 1. The van der Waals surface area contributed by atoms with E-state index in [0.29, 0.717) is 34.5 Å². The Hall–Kier alpha value is -3.58. The molecule has 1 atom stereocenters. The van der Waals surface area contributed by atoms with Crippen LogP contribution in [-0.2, 0) is 13.0 Å². The summed E-state index contributed by atoms with van der Waals surface area (Å²) >= 11 is 0. The van der Waals surface area contributed by atoms with Gasteiger partial charge in [0.05, 0.1) is 35.7 Å². The number of rotatable bonds is 9. The SMILES string of the molecule is CC(C)Oc1ccc2c(C(=O)CCc3ccc(F)c(F)c3)c(C(C)O)n(Cc3ccccn3)c2c1. The zero-order valence-electron chi connectivity index (χ0n) is 20.0. The van der Waals surface area contributed by atoms with Gasteiger partial charge in [-0.15, -0.1) is 0 Å². The third-order valence-electron chi connectivity index (χ3n) is 5.79. The van der Waals surface area contributed by atoms with Crippen LogP contribution in [0.25, 0.3) is 10.9 Å². The van der Waals surface area contributed by atoms with E-state index in [2.05, 4.69) is 4.98 Å². The maximum Gasteiger partial charge on any atom is 0.165 e. The summed E-state index contributed by atoms with van der Waals surface area (Å²) in [6, 6.07) is 14.8. The first-order chi connectivity index (χ1) is 16.7. The number of aliphatic hydroxyl groups excluding tert-OH is 1. The molecule has 182 valence electrons. The van der Waals surface area contributed by atoms with Gasteiger partial charge in [0.25, 0.3) is 0 Å². The van der Waals surface area contributed by atoms with Crippen LogP contribution in [0.4, 0.5) is 8.78 Å². The van der Waals surface area contributed by atoms with Crippen molar-refractivity contribution in [2.75, 3.05) is 0 Å². The van der Waals surface area contributed by atoms with Gasteiger partial charge in [0.1, 0.15) is 5.75 Å². The van der Waals surface area contributed by atoms with Crippen LogP contribution in [0.2, 0.25) is 0 Å². The maximum atomic E-state index is 13.6. The van der Waals surface area contributed by atoms with Crippen molar-refractivity contribution in [2.45, 2.75) is 52.4 Å². The summed E-state index contributed by atoms with van der Waals surface area (Å²) in [7, 11) is 0. The largest absolute Gasteiger partial charge is 0.491 e. The normalized spacial score (nSPS) is 12.3. The van der Waals surface area contributed by atoms with Crippen LogP contribution in [0.5, 0.6) is 5.75 Å². The van der Waals surface area contributed by atoms with Crippen molar-refractivity contribution < 1.29 is 23.4 Å². The molecule has 0 spiro atoms. The third kappa shape index (κ3) is 5.41. The average Bonchev–Trinajstić information content (AvgIpc) is 3.13. The summed E-state index contributed by atoms with van der Waals surface area (Å²) in [5, 5.41) is 11.5. The van der Waals surface area contributed by atoms with Crippen LogP contribution in [0.3, 0.4) is 0 Å². The molecule has 0 aliphatic rings. The lowest BCUT2D eigenvalue weighted by Crippen LogP contribution is -2.12. The van der Waals surface area contributed by atoms with Gasteiger partial charge in [0, 0.05) is 29.6 Å². The number of hydrogen-bond acceptors (Lipinski definition) is 4. The summed E-state index contributed by atoms with van der Waals surface area (Å²) in [6.07, 6.45) is 1.07. The molecule has 0 saturated heterocycles. The maximum absolute atomic E-state index is 13.6. The number of aryl methyl sites for hydroxylation is 1. The number of fused-ring (bicyclic) bond motifs is 1. The van der Waals surface area contributed by atoms with Gasteiger partial charge >= 0.3 is 0 Å². The van der Waals surface area contributed by atoms with Crippen LogP contribution in [0.15, 0.2) is 60.8 Å². The van der Waals surface area contributed by atoms with Gasteiger partial charge in [-0.05, 0) is 69.2 Å². The Morgan fingerprint density at radius 1 is 1.06 bits per heavy atom. The zero-order valence-corrected chi connectivity index (χ0v) is 20.0. The third-order valence-corrected chi connectivity index (χ3v) is 5.79. The summed E-state index contributed by atoms with van der Waals surface area (Å²) < 4.78 is 34.7. The molecule has 0 bridgehead atoms. The van der Waals surface area contributed by atoms with E-state index >= 15 is 0 Å². The first-order valence-electron chi connectivity index (χ1n) is 11.6. The molecule has 0 aliphatic carbocycles. The molecule has 1 N–H and O–H groups in total. The number of aliphatic hydroxyl groups is 1. The second-order valence-electron chi connectivity index (χ2n) is 8.86. The monoisotopic (exact) mass is 478 g/mol. The lowest BCUT2D eigenvalue weighted by molar-refractivity contribution is 0.0976. The number of ketones is 1. The molecule has 7 heteroatoms. The summed E-state index contributed by atoms with van der Waals surface area (Å²) in [4.78, 5) is 17.9. The van der Waals surface area contributed by atoms with Crippen LogP contribution >= 0.6 is 0 Å². The van der Waals surface area contributed by atoms with E-state index in [0.717, 1.165) is 23.3 Å². The second-order valence-corrected chi connectivity index (χ2v) is 8.86. The van der Waals surface area contributed by atoms with E-state index in [-0.39, 0.29) is 24.7 Å². The number of nitrogens with zero attached hydrogens (tertiary/aromatic N) is 2. The minimum Gasteiger partial charge on any atom is -0.491 e. The fraction of sp³-hybridized carbons (Fsp3) is 0.286. The van der Waals surface area contributed by atoms with Gasteiger partial charge in [-0.25, -0.2) is 8.78 Å². The van der Waals surface area contributed by atoms with Gasteiger partial charge < -0.3 is 14.4 Å². The Bertz CT molecular complexity index is 1350. The van der Waals surface area contributed by atoms with Crippen LogP contribution in [0.1, 0.15) is 60.6 Å². The summed E-state index contributed by atoms with van der Waals surface area (Å²) in [5.74, 6) is -1.39. The highest BCUT2D eigenvalue weighted by molar-refractivity contribution is 6.10. The number of benzene rings is 2. The number of hydrogen-bond donors (Lipinski definition) is 1. The predicted octanol–water partition coefficient (Wildman–Crippen LogP) is 6.02. The molecule has 0 saturated carbocycles. The molecule has 5 nitrogen and oxygen atoms in total. The zero-order chi connectivity index (χ0) is 25.1. The van der Waals surface area contributed by atoms with Gasteiger partial charge in [0.15, 0.2) is 17.4 Å². The molecule has 2 aromatic heterocycles. The van der Waals surface area contributed by atoms with E-state index in [1.54, 1.807) is 13.1 Å². The molecule has 4 aromatic rings. The molecule has 2 aromatic carbocycles. The molecule has 0 fully saturated rings. The van der Waals surface area contributed by atoms with E-state index in [4.69, 9.17) is 4.74 Å². The lowest BCUT2D eigenvalue weighted by atomic mass is 9.98. The molecule has 0 radical (unpaired) electrons. The van der Waals surface area contributed by atoms with E-state index < -0.39 is 17.7 Å². The standard InChI is InChI=1S/C28H28F2N2O3/c1-17(2)35-21-9-10-22-25(15-21)32(16-20-6-4-5-13-31-20)28(18(3)33)27(22)26(34)12-8-19-7-11-23(29)24(30)14-19/h4-7,9-11,13-15,17-18,33H,8,12,16H2,1-3H3. The highest BCUT2D eigenvalue weighted by atomic mass is 19.2. The number of aromatic nitrogens is 2. The molecule has 35 heavy (non-hydrogen) atoms. The van der Waals surface area contributed by atoms with Gasteiger partial charge in [-0.3, -0.25) is 9.78 Å². The van der Waals surface area contributed by atoms with E-state index in [1.807, 2.05) is 54.8 Å². The Labute approximate surface area is 203 Å². The van der Waals surface area contributed by atoms with Crippen molar-refractivity contribution in [3.63, 3.8) is 0 Å². The van der Waals surface area contributed by atoms with Crippen molar-refractivity contribution in [3.05, 3.63) is 94.9 Å². The number of pyridine rings is 1. The first kappa shape index (κ1) is 24.5. The van der Waals surface area contributed by atoms with Gasteiger partial charge in [-0.1, -0.05) is 12.1 Å². The van der Waals surface area contributed by atoms with Crippen LogP contribution in [0, 0.1) is 11.6 Å². The quantitative estimate of drug-likeness (QED) is 0.299. The molecule has 0 aliphatic heterocycles. The molecular formula is C28H28F2N2O3. The molecule has 0 amide bonds. The molecule has 4 rings (SSSR count). The van der Waals surface area contributed by atoms with Crippen molar-refractivity contribution >= 4 is 16.7 Å².